The molecule has 0 bridgehead atoms. The Hall–Kier alpha value is -1.52. The fourth-order valence-corrected chi connectivity index (χ4v) is 1.62. The van der Waals surface area contributed by atoms with Gasteiger partial charge in [0.25, 0.3) is 6.29 Å². The zero-order valence-corrected chi connectivity index (χ0v) is 8.74. The minimum Gasteiger partial charge on any atom is -0.455 e. The van der Waals surface area contributed by atoms with Crippen molar-refractivity contribution in [1.29, 1.82) is 0 Å². The molecule has 2 rings (SSSR count). The summed E-state index contributed by atoms with van der Waals surface area (Å²) in [6.07, 6.45) is 2.57. The zero-order chi connectivity index (χ0) is 11.4. The summed E-state index contributed by atoms with van der Waals surface area (Å²) < 4.78 is 10.4. The van der Waals surface area contributed by atoms with E-state index in [0.29, 0.717) is 0 Å². The molecule has 1 aliphatic heterocycles. The topological polar surface area (TPSA) is 58.9 Å². The molecule has 1 aromatic carbocycles. The van der Waals surface area contributed by atoms with Gasteiger partial charge in [-0.1, -0.05) is 18.2 Å². The van der Waals surface area contributed by atoms with Gasteiger partial charge in [0.05, 0.1) is 13.2 Å². The van der Waals surface area contributed by atoms with Crippen molar-refractivity contribution in [3.63, 3.8) is 0 Å². The van der Waals surface area contributed by atoms with Crippen molar-refractivity contribution < 1.29 is 19.7 Å². The fourth-order valence-electron chi connectivity index (χ4n) is 1.62. The summed E-state index contributed by atoms with van der Waals surface area (Å²) in [5.74, 6) is -0.255. The smallest absolute Gasteiger partial charge is 0.266 e. The third kappa shape index (κ3) is 2.18. The molecule has 1 aromatic rings. The van der Waals surface area contributed by atoms with E-state index in [-0.39, 0.29) is 19.1 Å². The average Bonchev–Trinajstić information content (AvgIpc) is 2.85. The molecule has 0 radical (unpaired) electrons. The third-order valence-corrected chi connectivity index (χ3v) is 2.55. The number of rotatable bonds is 4. The zero-order valence-electron chi connectivity index (χ0n) is 8.74. The van der Waals surface area contributed by atoms with Gasteiger partial charge in [0.1, 0.15) is 12.5 Å². The molecule has 1 aliphatic rings. The van der Waals surface area contributed by atoms with Gasteiger partial charge in [0, 0.05) is 11.5 Å². The molecule has 0 atom stereocenters. The number of ether oxygens (including phenoxy) is 2. The van der Waals surface area contributed by atoms with Crippen LogP contribution in [0.2, 0.25) is 0 Å². The van der Waals surface area contributed by atoms with Crippen LogP contribution in [0.4, 0.5) is 0 Å². The van der Waals surface area contributed by atoms with Crippen LogP contribution in [0.15, 0.2) is 36.8 Å². The third-order valence-electron chi connectivity index (χ3n) is 2.55. The van der Waals surface area contributed by atoms with E-state index >= 15 is 0 Å². The van der Waals surface area contributed by atoms with Gasteiger partial charge < -0.3 is 19.7 Å². The molecule has 0 saturated heterocycles. The Balaban J connectivity index is 2.18. The standard InChI is InChI=1S/C12H14O4/c13-7-11(8-14)9-2-1-3-10(6-9)12-15-4-5-16-12/h1-6,11-14H,7-8H2. The minimum atomic E-state index is -0.419. The highest BCUT2D eigenvalue weighted by molar-refractivity contribution is 5.28. The van der Waals surface area contributed by atoms with Crippen molar-refractivity contribution in [2.24, 2.45) is 0 Å². The van der Waals surface area contributed by atoms with E-state index in [9.17, 15) is 0 Å². The molecule has 0 aromatic heterocycles. The van der Waals surface area contributed by atoms with Crippen LogP contribution in [0.3, 0.4) is 0 Å². The lowest BCUT2D eigenvalue weighted by molar-refractivity contribution is -0.0246. The van der Waals surface area contributed by atoms with Gasteiger partial charge in [-0.3, -0.25) is 0 Å². The largest absolute Gasteiger partial charge is 0.455 e. The predicted molar refractivity (Wildman–Crippen MR) is 57.4 cm³/mol. The second kappa shape index (κ2) is 5.01. The van der Waals surface area contributed by atoms with Crippen LogP contribution in [0.5, 0.6) is 0 Å². The Morgan fingerprint density at radius 1 is 1.12 bits per heavy atom. The van der Waals surface area contributed by atoms with Gasteiger partial charge >= 0.3 is 0 Å². The van der Waals surface area contributed by atoms with Crippen LogP contribution in [-0.2, 0) is 9.47 Å². The molecule has 16 heavy (non-hydrogen) atoms. The summed E-state index contributed by atoms with van der Waals surface area (Å²) in [6, 6.07) is 7.47. The van der Waals surface area contributed by atoms with E-state index in [4.69, 9.17) is 19.7 Å². The highest BCUT2D eigenvalue weighted by Gasteiger charge is 2.17. The summed E-state index contributed by atoms with van der Waals surface area (Å²) >= 11 is 0. The minimum absolute atomic E-state index is 0.0788. The number of hydrogen-bond acceptors (Lipinski definition) is 4. The molecule has 0 fully saturated rings. The number of aliphatic hydroxyl groups excluding tert-OH is 2. The summed E-state index contributed by atoms with van der Waals surface area (Å²) in [5.41, 5.74) is 1.75. The molecule has 1 heterocycles. The molecule has 0 spiro atoms. The van der Waals surface area contributed by atoms with Crippen molar-refractivity contribution in [3.05, 3.63) is 47.9 Å². The van der Waals surface area contributed by atoms with Crippen molar-refractivity contribution >= 4 is 0 Å². The van der Waals surface area contributed by atoms with Crippen LogP contribution in [0.1, 0.15) is 23.3 Å². The van der Waals surface area contributed by atoms with Crippen LogP contribution >= 0.6 is 0 Å². The van der Waals surface area contributed by atoms with Gasteiger partial charge in [0.15, 0.2) is 0 Å². The molecule has 0 unspecified atom stereocenters. The molecule has 86 valence electrons. The van der Waals surface area contributed by atoms with Crippen molar-refractivity contribution in [1.82, 2.24) is 0 Å². The first-order chi connectivity index (χ1) is 7.85. The number of aliphatic hydroxyl groups is 2. The first-order valence-electron chi connectivity index (χ1n) is 5.12. The maximum atomic E-state index is 9.10. The molecule has 0 amide bonds. The maximum absolute atomic E-state index is 9.10. The molecular weight excluding hydrogens is 208 g/mol. The Morgan fingerprint density at radius 3 is 2.44 bits per heavy atom. The quantitative estimate of drug-likeness (QED) is 0.805. The lowest BCUT2D eigenvalue weighted by Crippen LogP contribution is -2.09. The van der Waals surface area contributed by atoms with Crippen LogP contribution in [0, 0.1) is 0 Å². The van der Waals surface area contributed by atoms with Crippen LogP contribution in [-0.4, -0.2) is 23.4 Å². The summed E-state index contributed by atoms with van der Waals surface area (Å²) in [4.78, 5) is 0. The van der Waals surface area contributed by atoms with Crippen molar-refractivity contribution in [2.45, 2.75) is 12.2 Å². The van der Waals surface area contributed by atoms with E-state index in [1.165, 1.54) is 12.5 Å². The second-order valence-electron chi connectivity index (χ2n) is 3.61. The van der Waals surface area contributed by atoms with Crippen molar-refractivity contribution in [2.75, 3.05) is 13.2 Å². The average molecular weight is 222 g/mol. The van der Waals surface area contributed by atoms with Gasteiger partial charge in [-0.25, -0.2) is 0 Å². The molecule has 0 aliphatic carbocycles. The first-order valence-corrected chi connectivity index (χ1v) is 5.12. The SMILES string of the molecule is OCC(CO)c1cccc(C2OC=CO2)c1. The van der Waals surface area contributed by atoms with Gasteiger partial charge in [-0.2, -0.15) is 0 Å². The van der Waals surface area contributed by atoms with E-state index in [1.54, 1.807) is 0 Å². The first kappa shape index (κ1) is 11.0. The molecule has 4 nitrogen and oxygen atoms in total. The van der Waals surface area contributed by atoms with Gasteiger partial charge in [-0.05, 0) is 11.6 Å². The fraction of sp³-hybridized carbons (Fsp3) is 0.333. The Morgan fingerprint density at radius 2 is 1.81 bits per heavy atom. The summed E-state index contributed by atoms with van der Waals surface area (Å²) in [6.45, 7) is -0.158. The Labute approximate surface area is 93.7 Å². The highest BCUT2D eigenvalue weighted by atomic mass is 16.7. The van der Waals surface area contributed by atoms with E-state index in [1.807, 2.05) is 24.3 Å². The normalized spacial score (nSPS) is 15.2. The van der Waals surface area contributed by atoms with E-state index in [0.717, 1.165) is 11.1 Å². The van der Waals surface area contributed by atoms with E-state index < -0.39 is 6.29 Å². The maximum Gasteiger partial charge on any atom is 0.266 e. The second-order valence-corrected chi connectivity index (χ2v) is 3.61. The molecule has 2 N–H and O–H groups in total. The Bertz CT molecular complexity index is 346. The number of benzene rings is 1. The van der Waals surface area contributed by atoms with Gasteiger partial charge in [0.2, 0.25) is 0 Å². The van der Waals surface area contributed by atoms with Crippen LogP contribution in [0.25, 0.3) is 0 Å². The van der Waals surface area contributed by atoms with Crippen LogP contribution < -0.4 is 0 Å². The molecule has 4 heteroatoms. The Kier molecular flexibility index (Phi) is 3.44. The highest BCUT2D eigenvalue weighted by Crippen LogP contribution is 2.26. The molecular formula is C12H14O4. The lowest BCUT2D eigenvalue weighted by Gasteiger charge is -2.15. The van der Waals surface area contributed by atoms with Gasteiger partial charge in [-0.15, -0.1) is 0 Å². The lowest BCUT2D eigenvalue weighted by atomic mass is 9.99. The number of hydrogen-bond donors (Lipinski definition) is 2. The summed E-state index contributed by atoms with van der Waals surface area (Å²) in [5, 5.41) is 18.2. The molecule has 0 saturated carbocycles. The van der Waals surface area contributed by atoms with Crippen molar-refractivity contribution in [3.8, 4) is 0 Å². The van der Waals surface area contributed by atoms with E-state index in [2.05, 4.69) is 0 Å². The summed E-state index contributed by atoms with van der Waals surface area (Å²) in [7, 11) is 0. The monoisotopic (exact) mass is 222 g/mol. The predicted octanol–water partition coefficient (Wildman–Crippen LogP) is 1.27.